The molecule has 3 nitrogen and oxygen atoms in total. The Bertz CT molecular complexity index is 349. The zero-order valence-corrected chi connectivity index (χ0v) is 10.5. The lowest BCUT2D eigenvalue weighted by molar-refractivity contribution is 0.0923. The maximum atomic E-state index is 13.5. The molecule has 0 aromatic heterocycles. The second kappa shape index (κ2) is 6.30. The van der Waals surface area contributed by atoms with Gasteiger partial charge in [-0.25, -0.2) is 4.39 Å². The van der Waals surface area contributed by atoms with Crippen LogP contribution in [-0.4, -0.2) is 29.5 Å². The van der Waals surface area contributed by atoms with E-state index in [1.54, 1.807) is 19.1 Å². The number of benzene rings is 1. The topological polar surface area (TPSA) is 52.5 Å². The third kappa shape index (κ3) is 3.83. The van der Waals surface area contributed by atoms with Gasteiger partial charge in [-0.2, -0.15) is 0 Å². The van der Waals surface area contributed by atoms with Crippen LogP contribution in [0.25, 0.3) is 0 Å². The molecule has 90 valence electrons. The van der Waals surface area contributed by atoms with Gasteiger partial charge in [0.25, 0.3) is 0 Å². The molecule has 0 aliphatic rings. The van der Waals surface area contributed by atoms with Gasteiger partial charge in [-0.05, 0) is 19.1 Å². The summed E-state index contributed by atoms with van der Waals surface area (Å²) in [5.41, 5.74) is 0.535. The van der Waals surface area contributed by atoms with Crippen molar-refractivity contribution in [2.75, 3.05) is 13.2 Å². The first-order valence-electron chi connectivity index (χ1n) is 5.02. The van der Waals surface area contributed by atoms with E-state index in [9.17, 15) is 4.39 Å². The summed E-state index contributed by atoms with van der Waals surface area (Å²) in [5.74, 6) is -0.298. The molecular formula is C11H15BrFNO2. The van der Waals surface area contributed by atoms with Crippen LogP contribution >= 0.6 is 15.9 Å². The van der Waals surface area contributed by atoms with Crippen LogP contribution in [0, 0.1) is 5.82 Å². The molecule has 0 spiro atoms. The summed E-state index contributed by atoms with van der Waals surface area (Å²) in [5, 5.41) is 20.7. The molecule has 0 aliphatic heterocycles. The number of aliphatic hydroxyl groups is 2. The van der Waals surface area contributed by atoms with E-state index in [1.807, 2.05) is 0 Å². The standard InChI is InChI=1S/C11H15BrFNO2/c1-7(14-5-9(16)6-15)10-3-2-8(12)4-11(10)13/h2-4,7,9,14-16H,5-6H2,1H3. The van der Waals surface area contributed by atoms with Crippen LogP contribution in [0.15, 0.2) is 22.7 Å². The molecule has 1 rings (SSSR count). The van der Waals surface area contributed by atoms with Crippen LogP contribution in [0.1, 0.15) is 18.5 Å². The minimum Gasteiger partial charge on any atom is -0.394 e. The van der Waals surface area contributed by atoms with Crippen molar-refractivity contribution in [2.24, 2.45) is 0 Å². The molecule has 0 radical (unpaired) electrons. The highest BCUT2D eigenvalue weighted by molar-refractivity contribution is 9.10. The highest BCUT2D eigenvalue weighted by Crippen LogP contribution is 2.20. The van der Waals surface area contributed by atoms with Gasteiger partial charge in [0, 0.05) is 22.6 Å². The van der Waals surface area contributed by atoms with E-state index in [0.29, 0.717) is 10.0 Å². The van der Waals surface area contributed by atoms with Crippen LogP contribution in [0.2, 0.25) is 0 Å². The van der Waals surface area contributed by atoms with Gasteiger partial charge in [0.15, 0.2) is 0 Å². The fraction of sp³-hybridized carbons (Fsp3) is 0.455. The van der Waals surface area contributed by atoms with Crippen LogP contribution in [-0.2, 0) is 0 Å². The summed E-state index contributed by atoms with van der Waals surface area (Å²) in [6, 6.07) is 4.63. The molecule has 3 N–H and O–H groups in total. The van der Waals surface area contributed by atoms with E-state index in [-0.39, 0.29) is 25.0 Å². The van der Waals surface area contributed by atoms with Crippen LogP contribution < -0.4 is 5.32 Å². The van der Waals surface area contributed by atoms with Gasteiger partial charge in [0.05, 0.1) is 12.7 Å². The predicted molar refractivity (Wildman–Crippen MR) is 63.6 cm³/mol. The van der Waals surface area contributed by atoms with Crippen LogP contribution in [0.3, 0.4) is 0 Å². The van der Waals surface area contributed by atoms with Crippen molar-refractivity contribution in [3.8, 4) is 0 Å². The summed E-state index contributed by atoms with van der Waals surface area (Å²) < 4.78 is 14.2. The van der Waals surface area contributed by atoms with Crippen LogP contribution in [0.5, 0.6) is 0 Å². The minimum absolute atomic E-state index is 0.214. The Balaban J connectivity index is 2.62. The molecule has 0 bridgehead atoms. The maximum Gasteiger partial charge on any atom is 0.129 e. The summed E-state index contributed by atoms with van der Waals surface area (Å²) in [6.07, 6.45) is -0.819. The van der Waals surface area contributed by atoms with E-state index >= 15 is 0 Å². The van der Waals surface area contributed by atoms with Gasteiger partial charge >= 0.3 is 0 Å². The van der Waals surface area contributed by atoms with E-state index in [0.717, 1.165) is 0 Å². The van der Waals surface area contributed by atoms with Crippen molar-refractivity contribution in [3.63, 3.8) is 0 Å². The molecule has 2 unspecified atom stereocenters. The first-order chi connectivity index (χ1) is 7.54. The Kier molecular flexibility index (Phi) is 5.34. The molecule has 0 saturated heterocycles. The van der Waals surface area contributed by atoms with Crippen molar-refractivity contribution < 1.29 is 14.6 Å². The molecule has 0 saturated carbocycles. The van der Waals surface area contributed by atoms with Crippen molar-refractivity contribution >= 4 is 15.9 Å². The van der Waals surface area contributed by atoms with Crippen LogP contribution in [0.4, 0.5) is 4.39 Å². The third-order valence-corrected chi connectivity index (χ3v) is 2.79. The number of hydrogen-bond acceptors (Lipinski definition) is 3. The van der Waals surface area contributed by atoms with Crippen molar-refractivity contribution in [1.29, 1.82) is 0 Å². The lowest BCUT2D eigenvalue weighted by Gasteiger charge is -2.17. The first kappa shape index (κ1) is 13.6. The van der Waals surface area contributed by atoms with Crippen molar-refractivity contribution in [2.45, 2.75) is 19.1 Å². The average molecular weight is 292 g/mol. The van der Waals surface area contributed by atoms with Gasteiger partial charge in [-0.1, -0.05) is 22.0 Å². The summed E-state index contributed by atoms with van der Waals surface area (Å²) in [6.45, 7) is 1.73. The Hall–Kier alpha value is -0.490. The Morgan fingerprint density at radius 1 is 1.50 bits per heavy atom. The summed E-state index contributed by atoms with van der Waals surface area (Å²) >= 11 is 3.19. The molecule has 2 atom stereocenters. The molecule has 0 amide bonds. The van der Waals surface area contributed by atoms with E-state index in [4.69, 9.17) is 10.2 Å². The third-order valence-electron chi connectivity index (χ3n) is 2.30. The van der Waals surface area contributed by atoms with E-state index in [1.165, 1.54) is 6.07 Å². The quantitative estimate of drug-likeness (QED) is 0.772. The second-order valence-corrected chi connectivity index (χ2v) is 4.55. The number of halogens is 2. The number of hydrogen-bond donors (Lipinski definition) is 3. The van der Waals surface area contributed by atoms with Gasteiger partial charge in [-0.15, -0.1) is 0 Å². The zero-order valence-electron chi connectivity index (χ0n) is 8.95. The Labute approximate surface area is 102 Å². The van der Waals surface area contributed by atoms with Gasteiger partial charge < -0.3 is 15.5 Å². The lowest BCUT2D eigenvalue weighted by Crippen LogP contribution is -2.31. The largest absolute Gasteiger partial charge is 0.394 e. The highest BCUT2D eigenvalue weighted by atomic mass is 79.9. The monoisotopic (exact) mass is 291 g/mol. The lowest BCUT2D eigenvalue weighted by atomic mass is 10.1. The fourth-order valence-corrected chi connectivity index (χ4v) is 1.67. The molecule has 5 heteroatoms. The first-order valence-corrected chi connectivity index (χ1v) is 5.81. The fourth-order valence-electron chi connectivity index (χ4n) is 1.34. The van der Waals surface area contributed by atoms with Crippen molar-refractivity contribution in [1.82, 2.24) is 5.32 Å². The molecular weight excluding hydrogens is 277 g/mol. The predicted octanol–water partition coefficient (Wildman–Crippen LogP) is 1.59. The van der Waals surface area contributed by atoms with Gasteiger partial charge in [0.2, 0.25) is 0 Å². The molecule has 16 heavy (non-hydrogen) atoms. The zero-order chi connectivity index (χ0) is 12.1. The Morgan fingerprint density at radius 3 is 2.75 bits per heavy atom. The minimum atomic E-state index is -0.819. The van der Waals surface area contributed by atoms with Crippen molar-refractivity contribution in [3.05, 3.63) is 34.1 Å². The maximum absolute atomic E-state index is 13.5. The van der Waals surface area contributed by atoms with E-state index in [2.05, 4.69) is 21.2 Å². The number of nitrogens with one attached hydrogen (secondary N) is 1. The number of aliphatic hydroxyl groups excluding tert-OH is 2. The highest BCUT2D eigenvalue weighted by Gasteiger charge is 2.12. The Morgan fingerprint density at radius 2 is 2.19 bits per heavy atom. The second-order valence-electron chi connectivity index (χ2n) is 3.63. The van der Waals surface area contributed by atoms with Gasteiger partial charge in [0.1, 0.15) is 5.82 Å². The molecule has 1 aromatic rings. The number of rotatable bonds is 5. The molecule has 0 heterocycles. The average Bonchev–Trinajstić information content (AvgIpc) is 2.25. The summed E-state index contributed by atoms with van der Waals surface area (Å²) in [4.78, 5) is 0. The van der Waals surface area contributed by atoms with E-state index < -0.39 is 6.10 Å². The van der Waals surface area contributed by atoms with Gasteiger partial charge in [-0.3, -0.25) is 0 Å². The SMILES string of the molecule is CC(NCC(O)CO)c1ccc(Br)cc1F. The molecule has 1 aromatic carbocycles. The molecule has 0 fully saturated rings. The normalized spacial score (nSPS) is 14.8. The molecule has 0 aliphatic carbocycles. The summed E-state index contributed by atoms with van der Waals surface area (Å²) in [7, 11) is 0. The smallest absolute Gasteiger partial charge is 0.129 e.